The molecular weight excluding hydrogens is 694 g/mol. The summed E-state index contributed by atoms with van der Waals surface area (Å²) in [7, 11) is 0. The summed E-state index contributed by atoms with van der Waals surface area (Å²) in [6.07, 6.45) is -8.81. The number of hydrogen-bond acceptors (Lipinski definition) is 6. The lowest BCUT2D eigenvalue weighted by Crippen LogP contribution is -2.64. The first-order valence-corrected chi connectivity index (χ1v) is 16.8. The number of nitrogens with one attached hydrogen (secondary N) is 1. The van der Waals surface area contributed by atoms with Crippen molar-refractivity contribution in [2.45, 2.75) is 75.7 Å². The van der Waals surface area contributed by atoms with E-state index in [1.807, 2.05) is 13.0 Å². The highest BCUT2D eigenvalue weighted by Crippen LogP contribution is 2.46. The van der Waals surface area contributed by atoms with Crippen LogP contribution in [0.1, 0.15) is 73.5 Å². The number of carbonyl (C=O) groups is 1. The number of aromatic amines is 1. The number of piperidine rings is 1. The zero-order chi connectivity index (χ0) is 37.6. The van der Waals surface area contributed by atoms with Crippen molar-refractivity contribution in [2.24, 2.45) is 0 Å². The van der Waals surface area contributed by atoms with Crippen LogP contribution in [-0.2, 0) is 44.2 Å². The molecule has 4 aromatic rings. The van der Waals surface area contributed by atoms with Gasteiger partial charge in [0, 0.05) is 6.61 Å². The fourth-order valence-corrected chi connectivity index (χ4v) is 6.47. The molecule has 1 aliphatic heterocycles. The molecule has 1 aromatic heterocycles. The van der Waals surface area contributed by atoms with E-state index >= 15 is 0 Å². The van der Waals surface area contributed by atoms with Crippen LogP contribution in [0.3, 0.4) is 0 Å². The predicted octanol–water partition coefficient (Wildman–Crippen LogP) is 8.23. The molecule has 1 fully saturated rings. The lowest BCUT2D eigenvalue weighted by molar-refractivity contribution is -0.143. The Morgan fingerprint density at radius 2 is 1.56 bits per heavy atom. The summed E-state index contributed by atoms with van der Waals surface area (Å²) in [5, 5.41) is 6.33. The van der Waals surface area contributed by atoms with Crippen molar-refractivity contribution in [3.8, 4) is 0 Å². The molecule has 3 atom stereocenters. The largest absolute Gasteiger partial charge is 0.445 e. The molecule has 280 valence electrons. The number of benzene rings is 3. The van der Waals surface area contributed by atoms with Gasteiger partial charge in [-0.25, -0.2) is 14.7 Å². The van der Waals surface area contributed by atoms with Gasteiger partial charge < -0.3 is 14.2 Å². The molecule has 0 bridgehead atoms. The smallest absolute Gasteiger partial charge is 0.416 e. The average Bonchev–Trinajstić information content (AvgIpc) is 3.58. The van der Waals surface area contributed by atoms with Gasteiger partial charge in [-0.3, -0.25) is 9.47 Å². The van der Waals surface area contributed by atoms with Crippen molar-refractivity contribution in [3.63, 3.8) is 0 Å². The Kier molecular flexibility index (Phi) is 11.8. The number of rotatable bonds is 13. The van der Waals surface area contributed by atoms with Gasteiger partial charge in [0.1, 0.15) is 12.9 Å². The molecule has 1 aliphatic rings. The molecular formula is C37H40F6N4O5. The van der Waals surface area contributed by atoms with E-state index in [1.54, 1.807) is 54.6 Å². The number of likely N-dealkylation sites (tertiary alicyclic amines) is 1. The molecule has 0 spiro atoms. The van der Waals surface area contributed by atoms with Gasteiger partial charge in [0.05, 0.1) is 48.1 Å². The van der Waals surface area contributed by atoms with E-state index < -0.39 is 52.4 Å². The molecule has 1 saturated heterocycles. The van der Waals surface area contributed by atoms with Gasteiger partial charge in [-0.1, -0.05) is 74.0 Å². The average molecular weight is 735 g/mol. The maximum atomic E-state index is 14.4. The fourth-order valence-electron chi connectivity index (χ4n) is 6.47. The number of hydrogen-bond donors (Lipinski definition) is 1. The molecule has 15 heteroatoms. The molecule has 0 saturated carbocycles. The summed E-state index contributed by atoms with van der Waals surface area (Å²) in [6, 6.07) is 19.0. The zero-order valence-corrected chi connectivity index (χ0v) is 28.7. The highest BCUT2D eigenvalue weighted by molar-refractivity contribution is 5.70. The Hall–Kier alpha value is -4.63. The topological polar surface area (TPSA) is 98.7 Å². The first-order valence-electron chi connectivity index (χ1n) is 16.8. The first-order chi connectivity index (χ1) is 24.7. The zero-order valence-electron chi connectivity index (χ0n) is 28.7. The Balaban J connectivity index is 1.57. The highest BCUT2D eigenvalue weighted by Gasteiger charge is 2.53. The van der Waals surface area contributed by atoms with E-state index in [0.717, 1.165) is 12.8 Å². The molecule has 3 aromatic carbocycles. The molecule has 0 aliphatic carbocycles. The number of ether oxygens (including phenoxy) is 3. The van der Waals surface area contributed by atoms with Gasteiger partial charge in [0.15, 0.2) is 0 Å². The van der Waals surface area contributed by atoms with E-state index in [1.165, 1.54) is 22.7 Å². The van der Waals surface area contributed by atoms with Crippen LogP contribution in [0.15, 0.2) is 90.0 Å². The minimum absolute atomic E-state index is 0.0293. The van der Waals surface area contributed by atoms with Crippen molar-refractivity contribution in [1.29, 1.82) is 0 Å². The number of halogens is 6. The number of amides is 1. The molecule has 1 amide bonds. The van der Waals surface area contributed by atoms with Gasteiger partial charge in [0.25, 0.3) is 0 Å². The molecule has 5 rings (SSSR count). The van der Waals surface area contributed by atoms with Crippen LogP contribution in [-0.4, -0.2) is 52.1 Å². The Morgan fingerprint density at radius 1 is 0.923 bits per heavy atom. The van der Waals surface area contributed by atoms with Gasteiger partial charge in [-0.15, -0.1) is 0 Å². The van der Waals surface area contributed by atoms with Crippen molar-refractivity contribution in [1.82, 2.24) is 19.7 Å². The Labute approximate surface area is 296 Å². The maximum Gasteiger partial charge on any atom is 0.416 e. The van der Waals surface area contributed by atoms with E-state index in [2.05, 4.69) is 10.2 Å². The summed E-state index contributed by atoms with van der Waals surface area (Å²) < 4.78 is 102. The fraction of sp³-hybridized carbons (Fsp3) is 0.432. The standard InChI is InChI=1S/C37H40F6N4O5/c1-3-4-17-50-23-34(47-25-44-45-32(47)48)15-16-35(29-13-9-6-10-14-29,46(22-34)33(49)51-21-27-11-7-5-8-12-27)24-52-26(2)28-18-30(36(38,39)40)20-31(19-28)37(41,42)43/h5-14,18-20,25-26H,3-4,15-17,21-24H2,1-2H3,(H,45,48)/t26-,34+,35-/m1/s1. The molecule has 52 heavy (non-hydrogen) atoms. The number of nitrogens with zero attached hydrogens (tertiary/aromatic N) is 3. The molecule has 0 radical (unpaired) electrons. The second-order valence-corrected chi connectivity index (χ2v) is 13.0. The summed E-state index contributed by atoms with van der Waals surface area (Å²) >= 11 is 0. The highest BCUT2D eigenvalue weighted by atomic mass is 19.4. The summed E-state index contributed by atoms with van der Waals surface area (Å²) in [4.78, 5) is 28.8. The van der Waals surface area contributed by atoms with Gasteiger partial charge in [-0.2, -0.15) is 31.4 Å². The van der Waals surface area contributed by atoms with Crippen LogP contribution in [0.4, 0.5) is 31.1 Å². The minimum atomic E-state index is -5.04. The van der Waals surface area contributed by atoms with Crippen LogP contribution < -0.4 is 5.69 Å². The molecule has 2 heterocycles. The summed E-state index contributed by atoms with van der Waals surface area (Å²) in [5.41, 5.74) is -5.00. The normalized spacial score (nSPS) is 20.1. The number of H-pyrrole nitrogens is 1. The Morgan fingerprint density at radius 3 is 2.13 bits per heavy atom. The van der Waals surface area contributed by atoms with Crippen LogP contribution in [0.25, 0.3) is 0 Å². The SMILES string of the molecule is CCCCOC[C@]1(n2cn[nH]c2=O)CC[C@@](CO[C@H](C)c2cc(C(F)(F)F)cc(C(F)(F)F)c2)(c2ccccc2)N(C(=O)OCc2ccccc2)C1. The van der Waals surface area contributed by atoms with Gasteiger partial charge in [0.2, 0.25) is 0 Å². The molecule has 1 N–H and O–H groups in total. The quantitative estimate of drug-likeness (QED) is 0.110. The van der Waals surface area contributed by atoms with Crippen molar-refractivity contribution >= 4 is 6.09 Å². The maximum absolute atomic E-state index is 14.4. The lowest BCUT2D eigenvalue weighted by atomic mass is 9.74. The summed E-state index contributed by atoms with van der Waals surface area (Å²) in [5.74, 6) is 0. The first kappa shape index (κ1) is 38.6. The summed E-state index contributed by atoms with van der Waals surface area (Å²) in [6.45, 7) is 3.19. The second-order valence-electron chi connectivity index (χ2n) is 13.0. The lowest BCUT2D eigenvalue weighted by Gasteiger charge is -2.53. The third-order valence-corrected chi connectivity index (χ3v) is 9.44. The van der Waals surface area contributed by atoms with E-state index in [0.29, 0.717) is 29.9 Å². The number of alkyl halides is 6. The molecule has 9 nitrogen and oxygen atoms in total. The number of unbranched alkanes of at least 4 members (excludes halogenated alkanes) is 1. The van der Waals surface area contributed by atoms with Gasteiger partial charge >= 0.3 is 24.1 Å². The predicted molar refractivity (Wildman–Crippen MR) is 178 cm³/mol. The van der Waals surface area contributed by atoms with Crippen LogP contribution in [0.2, 0.25) is 0 Å². The monoisotopic (exact) mass is 734 g/mol. The van der Waals surface area contributed by atoms with Crippen LogP contribution >= 0.6 is 0 Å². The van der Waals surface area contributed by atoms with Crippen molar-refractivity contribution in [2.75, 3.05) is 26.4 Å². The van der Waals surface area contributed by atoms with Crippen LogP contribution in [0.5, 0.6) is 0 Å². The van der Waals surface area contributed by atoms with E-state index in [-0.39, 0.29) is 50.8 Å². The van der Waals surface area contributed by atoms with E-state index in [4.69, 9.17) is 14.2 Å². The molecule has 0 unspecified atom stereocenters. The third kappa shape index (κ3) is 8.69. The van der Waals surface area contributed by atoms with E-state index in [9.17, 15) is 35.9 Å². The third-order valence-electron chi connectivity index (χ3n) is 9.44. The minimum Gasteiger partial charge on any atom is -0.445 e. The van der Waals surface area contributed by atoms with Crippen LogP contribution in [0, 0.1) is 0 Å². The second kappa shape index (κ2) is 15.9. The number of aromatic nitrogens is 3. The number of carbonyl (C=O) groups excluding carboxylic acids is 1. The van der Waals surface area contributed by atoms with Crippen molar-refractivity contribution in [3.05, 3.63) is 123 Å². The van der Waals surface area contributed by atoms with Crippen molar-refractivity contribution < 1.29 is 45.3 Å². The van der Waals surface area contributed by atoms with Gasteiger partial charge in [-0.05, 0) is 61.1 Å². The Bertz CT molecular complexity index is 1800.